The highest BCUT2D eigenvalue weighted by atomic mass is 35.5. The number of benzene rings is 1. The highest BCUT2D eigenvalue weighted by molar-refractivity contribution is 6.32. The van der Waals surface area contributed by atoms with Gasteiger partial charge in [-0.25, -0.2) is 4.79 Å². The van der Waals surface area contributed by atoms with Crippen LogP contribution in [0, 0.1) is 5.92 Å². The Labute approximate surface area is 168 Å². The van der Waals surface area contributed by atoms with E-state index in [2.05, 4.69) is 16.3 Å². The summed E-state index contributed by atoms with van der Waals surface area (Å²) in [5.74, 6) is 1.28. The SMILES string of the molecule is CC(C)NC(=O)N(C)CC1CC(Oc2cccc(CN3CCCC3)c2Cl)C1. The first-order valence-electron chi connectivity index (χ1n) is 10.1. The zero-order chi connectivity index (χ0) is 19.4. The maximum absolute atomic E-state index is 12.0. The maximum Gasteiger partial charge on any atom is 0.317 e. The molecule has 5 nitrogen and oxygen atoms in total. The van der Waals surface area contributed by atoms with Crippen molar-refractivity contribution in [3.05, 3.63) is 28.8 Å². The maximum atomic E-state index is 12.0. The van der Waals surface area contributed by atoms with Gasteiger partial charge in [-0.15, -0.1) is 0 Å². The molecular formula is C21H32ClN3O2. The largest absolute Gasteiger partial charge is 0.489 e. The van der Waals surface area contributed by atoms with Crippen LogP contribution in [0.3, 0.4) is 0 Å². The molecule has 6 heteroatoms. The highest BCUT2D eigenvalue weighted by Gasteiger charge is 2.33. The summed E-state index contributed by atoms with van der Waals surface area (Å²) in [6, 6.07) is 6.25. The molecule has 1 saturated carbocycles. The summed E-state index contributed by atoms with van der Waals surface area (Å²) in [6.45, 7) is 7.93. The van der Waals surface area contributed by atoms with Crippen LogP contribution in [-0.4, -0.2) is 54.7 Å². The number of urea groups is 1. The monoisotopic (exact) mass is 393 g/mol. The van der Waals surface area contributed by atoms with E-state index in [1.54, 1.807) is 4.90 Å². The van der Waals surface area contributed by atoms with Gasteiger partial charge in [-0.05, 0) is 70.2 Å². The van der Waals surface area contributed by atoms with Gasteiger partial charge in [0.2, 0.25) is 0 Å². The van der Waals surface area contributed by atoms with Crippen LogP contribution in [0.25, 0.3) is 0 Å². The average Bonchev–Trinajstić information content (AvgIpc) is 3.08. The van der Waals surface area contributed by atoms with E-state index in [-0.39, 0.29) is 18.2 Å². The van der Waals surface area contributed by atoms with Crippen molar-refractivity contribution in [2.45, 2.75) is 58.2 Å². The third-order valence-corrected chi connectivity index (χ3v) is 5.84. The molecule has 2 aliphatic rings. The molecule has 1 aromatic carbocycles. The number of hydrogen-bond acceptors (Lipinski definition) is 3. The highest BCUT2D eigenvalue weighted by Crippen LogP contribution is 2.36. The van der Waals surface area contributed by atoms with Crippen LogP contribution in [-0.2, 0) is 6.54 Å². The van der Waals surface area contributed by atoms with Gasteiger partial charge >= 0.3 is 6.03 Å². The summed E-state index contributed by atoms with van der Waals surface area (Å²) in [5, 5.41) is 3.68. The number of amides is 2. The number of rotatable bonds is 7. The van der Waals surface area contributed by atoms with Crippen molar-refractivity contribution in [3.63, 3.8) is 0 Å². The molecule has 2 fully saturated rings. The van der Waals surface area contributed by atoms with Gasteiger partial charge in [0.15, 0.2) is 0 Å². The van der Waals surface area contributed by atoms with Crippen molar-refractivity contribution in [2.75, 3.05) is 26.7 Å². The lowest BCUT2D eigenvalue weighted by Crippen LogP contribution is -2.46. The number of hydrogen-bond donors (Lipinski definition) is 1. The average molecular weight is 394 g/mol. The van der Waals surface area contributed by atoms with Gasteiger partial charge in [-0.2, -0.15) is 0 Å². The van der Waals surface area contributed by atoms with Crippen LogP contribution in [0.1, 0.15) is 45.1 Å². The van der Waals surface area contributed by atoms with E-state index in [9.17, 15) is 4.79 Å². The molecule has 1 aliphatic carbocycles. The molecule has 1 N–H and O–H groups in total. The Hall–Kier alpha value is -1.46. The van der Waals surface area contributed by atoms with E-state index in [1.807, 2.05) is 33.0 Å². The minimum atomic E-state index is -0.00738. The van der Waals surface area contributed by atoms with E-state index >= 15 is 0 Å². The normalized spacial score (nSPS) is 22.6. The second-order valence-electron chi connectivity index (χ2n) is 8.27. The van der Waals surface area contributed by atoms with Crippen molar-refractivity contribution in [2.24, 2.45) is 5.92 Å². The Bertz CT molecular complexity index is 640. The molecule has 1 saturated heterocycles. The molecule has 1 heterocycles. The minimum absolute atomic E-state index is 0.00738. The van der Waals surface area contributed by atoms with Crippen LogP contribution >= 0.6 is 11.6 Å². The molecule has 150 valence electrons. The van der Waals surface area contributed by atoms with Crippen molar-refractivity contribution in [1.29, 1.82) is 0 Å². The summed E-state index contributed by atoms with van der Waals surface area (Å²) >= 11 is 6.61. The Morgan fingerprint density at radius 1 is 1.33 bits per heavy atom. The molecule has 1 aromatic rings. The first kappa shape index (κ1) is 20.3. The smallest absolute Gasteiger partial charge is 0.317 e. The number of halogens is 1. The van der Waals surface area contributed by atoms with Gasteiger partial charge in [0.25, 0.3) is 0 Å². The fourth-order valence-corrected chi connectivity index (χ4v) is 4.11. The van der Waals surface area contributed by atoms with E-state index < -0.39 is 0 Å². The molecular weight excluding hydrogens is 362 g/mol. The molecule has 3 rings (SSSR count). The summed E-state index contributed by atoms with van der Waals surface area (Å²) in [7, 11) is 1.85. The Morgan fingerprint density at radius 3 is 2.70 bits per heavy atom. The summed E-state index contributed by atoms with van der Waals surface area (Å²) in [6.07, 6.45) is 4.68. The number of nitrogens with zero attached hydrogens (tertiary/aromatic N) is 2. The van der Waals surface area contributed by atoms with E-state index in [1.165, 1.54) is 12.8 Å². The van der Waals surface area contributed by atoms with E-state index in [4.69, 9.17) is 16.3 Å². The number of likely N-dealkylation sites (tertiary alicyclic amines) is 1. The quantitative estimate of drug-likeness (QED) is 0.757. The van der Waals surface area contributed by atoms with E-state index in [0.717, 1.165) is 55.4 Å². The van der Waals surface area contributed by atoms with Crippen LogP contribution in [0.5, 0.6) is 5.75 Å². The number of carbonyl (C=O) groups excluding carboxylic acids is 1. The second-order valence-corrected chi connectivity index (χ2v) is 8.65. The van der Waals surface area contributed by atoms with Gasteiger partial charge in [-0.3, -0.25) is 4.90 Å². The topological polar surface area (TPSA) is 44.8 Å². The molecule has 27 heavy (non-hydrogen) atoms. The lowest BCUT2D eigenvalue weighted by atomic mass is 9.82. The van der Waals surface area contributed by atoms with E-state index in [0.29, 0.717) is 5.92 Å². The second kappa shape index (κ2) is 9.16. The zero-order valence-electron chi connectivity index (χ0n) is 16.7. The fourth-order valence-electron chi connectivity index (χ4n) is 3.88. The predicted molar refractivity (Wildman–Crippen MR) is 109 cm³/mol. The first-order valence-corrected chi connectivity index (χ1v) is 10.5. The van der Waals surface area contributed by atoms with Crippen LogP contribution in [0.15, 0.2) is 18.2 Å². The standard InChI is InChI=1S/C21H32ClN3O2/c1-15(2)23-21(26)24(3)13-16-11-18(12-16)27-19-8-6-7-17(20(19)22)14-25-9-4-5-10-25/h6-8,15-16,18H,4-5,9-14H2,1-3H3,(H,23,26). The Kier molecular flexibility index (Phi) is 6.88. The van der Waals surface area contributed by atoms with Gasteiger partial charge in [0.05, 0.1) is 11.1 Å². The minimum Gasteiger partial charge on any atom is -0.489 e. The summed E-state index contributed by atoms with van der Waals surface area (Å²) in [4.78, 5) is 16.2. The van der Waals surface area contributed by atoms with Crippen molar-refractivity contribution >= 4 is 17.6 Å². The van der Waals surface area contributed by atoms with Crippen molar-refractivity contribution in [1.82, 2.24) is 15.1 Å². The van der Waals surface area contributed by atoms with Crippen LogP contribution in [0.4, 0.5) is 4.79 Å². The summed E-state index contributed by atoms with van der Waals surface area (Å²) in [5.41, 5.74) is 1.15. The number of ether oxygens (including phenoxy) is 1. The zero-order valence-corrected chi connectivity index (χ0v) is 17.5. The third kappa shape index (κ3) is 5.52. The molecule has 0 atom stereocenters. The molecule has 0 spiro atoms. The third-order valence-electron chi connectivity index (χ3n) is 5.41. The molecule has 2 amide bonds. The lowest BCUT2D eigenvalue weighted by molar-refractivity contribution is 0.0521. The fraction of sp³-hybridized carbons (Fsp3) is 0.667. The van der Waals surface area contributed by atoms with Crippen LogP contribution in [0.2, 0.25) is 5.02 Å². The van der Waals surface area contributed by atoms with Gasteiger partial charge in [-0.1, -0.05) is 23.7 Å². The summed E-state index contributed by atoms with van der Waals surface area (Å²) < 4.78 is 6.15. The molecule has 0 bridgehead atoms. The molecule has 0 aromatic heterocycles. The molecule has 0 unspecified atom stereocenters. The lowest BCUT2D eigenvalue weighted by Gasteiger charge is -2.38. The Morgan fingerprint density at radius 2 is 2.04 bits per heavy atom. The first-order chi connectivity index (χ1) is 12.9. The van der Waals surface area contributed by atoms with Gasteiger partial charge in [0.1, 0.15) is 5.75 Å². The predicted octanol–water partition coefficient (Wildman–Crippen LogP) is 4.14. The van der Waals surface area contributed by atoms with Crippen molar-refractivity contribution in [3.8, 4) is 5.75 Å². The van der Waals surface area contributed by atoms with Crippen LogP contribution < -0.4 is 10.1 Å². The number of nitrogens with one attached hydrogen (secondary N) is 1. The number of carbonyl (C=O) groups is 1. The van der Waals surface area contributed by atoms with Crippen molar-refractivity contribution < 1.29 is 9.53 Å². The Balaban J connectivity index is 1.46. The molecule has 1 aliphatic heterocycles. The molecule has 0 radical (unpaired) electrons. The van der Waals surface area contributed by atoms with Gasteiger partial charge < -0.3 is 15.0 Å². The van der Waals surface area contributed by atoms with Gasteiger partial charge in [0, 0.05) is 26.2 Å².